The molecule has 65 heavy (non-hydrogen) atoms. The van der Waals surface area contributed by atoms with Crippen molar-refractivity contribution in [3.8, 4) is 0 Å². The van der Waals surface area contributed by atoms with Gasteiger partial charge in [0.1, 0.15) is 22.9 Å². The number of aromatic nitrogens is 4. The number of carbonyl (C=O) groups excluding carboxylic acids is 2. The number of hydrogen-bond acceptors (Lipinski definition) is 10. The molecule has 0 N–H and O–H groups in total. The van der Waals surface area contributed by atoms with Crippen LogP contribution in [-0.4, -0.2) is 140 Å². The number of fused-ring (bicyclic) bond motifs is 2. The van der Waals surface area contributed by atoms with Gasteiger partial charge in [0, 0.05) is 85.1 Å². The van der Waals surface area contributed by atoms with Gasteiger partial charge in [0.15, 0.2) is 0 Å². The first kappa shape index (κ1) is 54.6. The van der Waals surface area contributed by atoms with E-state index in [0.717, 1.165) is 92.8 Å². The number of ether oxygens (including phenoxy) is 2. The third kappa shape index (κ3) is 18.6. The van der Waals surface area contributed by atoms with Crippen molar-refractivity contribution in [3.05, 3.63) is 52.5 Å². The Kier molecular flexibility index (Phi) is 19.2. The molecule has 0 radical (unpaired) electrons. The first-order chi connectivity index (χ1) is 29.9. The van der Waals surface area contributed by atoms with Crippen LogP contribution in [0.5, 0.6) is 0 Å². The van der Waals surface area contributed by atoms with E-state index in [-0.39, 0.29) is 23.0 Å². The number of likely N-dealkylation sites (N-methyl/N-ethyl adjacent to an activating group) is 2. The number of carbonyl (C=O) groups is 2. The largest absolute Gasteiger partial charge is 0.444 e. The SMILES string of the molecule is CC(C)(C)OC(=O)N1CC[C@@H](S)C1.CN(C)CCn1c(CC(C)(C)C)nc2cc(Br)ccc21.CN(C)CCn1c(CC(C)(C)C)nc2cc(S[C@@H]3CCN(C(=O)OC(C)(C)C)C3)ccc21. The molecule has 4 heterocycles. The summed E-state index contributed by atoms with van der Waals surface area (Å²) in [4.78, 5) is 42.9. The van der Waals surface area contributed by atoms with Crippen molar-refractivity contribution >= 4 is 74.6 Å². The van der Waals surface area contributed by atoms with Gasteiger partial charge in [-0.25, -0.2) is 19.6 Å². The summed E-state index contributed by atoms with van der Waals surface area (Å²) < 4.78 is 16.6. The maximum Gasteiger partial charge on any atom is 0.410 e. The van der Waals surface area contributed by atoms with E-state index in [9.17, 15) is 9.59 Å². The fourth-order valence-corrected chi connectivity index (χ4v) is 9.30. The molecule has 15 heteroatoms. The lowest BCUT2D eigenvalue weighted by atomic mass is 9.92. The van der Waals surface area contributed by atoms with Crippen LogP contribution in [0.4, 0.5) is 9.59 Å². The van der Waals surface area contributed by atoms with Gasteiger partial charge in [-0.05, 0) is 130 Å². The Morgan fingerprint density at radius 1 is 0.692 bits per heavy atom. The highest BCUT2D eigenvalue weighted by atomic mass is 79.9. The topological polar surface area (TPSA) is 101 Å². The number of rotatable bonds is 10. The van der Waals surface area contributed by atoms with Gasteiger partial charge in [0.25, 0.3) is 0 Å². The Morgan fingerprint density at radius 3 is 1.57 bits per heavy atom. The number of likely N-dealkylation sites (tertiary alicyclic amines) is 2. The fraction of sp³-hybridized carbons (Fsp3) is 0.680. The molecule has 2 aromatic heterocycles. The van der Waals surface area contributed by atoms with Gasteiger partial charge in [0.05, 0.1) is 22.1 Å². The minimum atomic E-state index is -0.455. The third-order valence-electron chi connectivity index (χ3n) is 10.4. The molecule has 2 atom stereocenters. The molecule has 0 aliphatic carbocycles. The number of imidazole rings is 2. The second-order valence-corrected chi connectivity index (χ2v) is 25.6. The minimum Gasteiger partial charge on any atom is -0.444 e. The van der Waals surface area contributed by atoms with Crippen molar-refractivity contribution in [1.82, 2.24) is 38.7 Å². The Bertz CT molecular complexity index is 2180. The summed E-state index contributed by atoms with van der Waals surface area (Å²) >= 11 is 9.69. The van der Waals surface area contributed by atoms with Crippen LogP contribution in [0, 0.1) is 10.8 Å². The van der Waals surface area contributed by atoms with Crippen LogP contribution in [0.1, 0.15) is 108 Å². The zero-order chi connectivity index (χ0) is 48.7. The molecule has 6 rings (SSSR count). The Balaban J connectivity index is 0.000000238. The van der Waals surface area contributed by atoms with Crippen LogP contribution in [-0.2, 0) is 35.4 Å². The van der Waals surface area contributed by atoms with Crippen LogP contribution < -0.4 is 0 Å². The zero-order valence-electron chi connectivity index (χ0n) is 42.5. The molecule has 12 nitrogen and oxygen atoms in total. The number of amides is 2. The lowest BCUT2D eigenvalue weighted by Gasteiger charge is -2.24. The van der Waals surface area contributed by atoms with Gasteiger partial charge in [0.2, 0.25) is 0 Å². The number of nitrogens with zero attached hydrogens (tertiary/aromatic N) is 8. The molecular formula is C50H81BrN8O4S2. The van der Waals surface area contributed by atoms with Gasteiger partial charge in [-0.3, -0.25) is 0 Å². The maximum atomic E-state index is 12.4. The monoisotopic (exact) mass is 1000 g/mol. The number of thiol groups is 1. The van der Waals surface area contributed by atoms with Gasteiger partial charge < -0.3 is 38.2 Å². The fourth-order valence-electron chi connectivity index (χ4n) is 7.45. The van der Waals surface area contributed by atoms with Crippen LogP contribution in [0.3, 0.4) is 0 Å². The van der Waals surface area contributed by atoms with Crippen molar-refractivity contribution in [2.75, 3.05) is 67.5 Å². The van der Waals surface area contributed by atoms with E-state index in [1.54, 1.807) is 4.90 Å². The Labute approximate surface area is 409 Å². The second-order valence-electron chi connectivity index (χ2n) is 22.5. The van der Waals surface area contributed by atoms with Crippen LogP contribution in [0.15, 0.2) is 45.8 Å². The molecule has 2 aliphatic heterocycles. The van der Waals surface area contributed by atoms with E-state index in [4.69, 9.17) is 19.4 Å². The molecule has 2 saturated heterocycles. The first-order valence-corrected chi connectivity index (χ1v) is 25.4. The van der Waals surface area contributed by atoms with E-state index < -0.39 is 11.2 Å². The second kappa shape index (κ2) is 22.9. The summed E-state index contributed by atoms with van der Waals surface area (Å²) in [7, 11) is 8.44. The smallest absolute Gasteiger partial charge is 0.410 e. The predicted octanol–water partition coefficient (Wildman–Crippen LogP) is 11.2. The number of halogens is 1. The minimum absolute atomic E-state index is 0.184. The van der Waals surface area contributed by atoms with Crippen LogP contribution in [0.2, 0.25) is 0 Å². The molecular weight excluding hydrogens is 921 g/mol. The maximum absolute atomic E-state index is 12.4. The van der Waals surface area contributed by atoms with Gasteiger partial charge in [-0.1, -0.05) is 57.5 Å². The van der Waals surface area contributed by atoms with Crippen molar-refractivity contribution in [1.29, 1.82) is 0 Å². The lowest BCUT2D eigenvalue weighted by molar-refractivity contribution is 0.0285. The third-order valence-corrected chi connectivity index (χ3v) is 12.6. The summed E-state index contributed by atoms with van der Waals surface area (Å²) in [6, 6.07) is 13.0. The first-order valence-electron chi connectivity index (χ1n) is 23.2. The molecule has 2 fully saturated rings. The van der Waals surface area contributed by atoms with Crippen LogP contribution >= 0.6 is 40.3 Å². The standard InChI is InChI=1S/C25H40N4O2S.C16H24BrN3.C9H17NO2S/c1-24(2,3)16-22-26-20-15-18(9-10-21(20)29(22)14-13-27(7)8)32-19-11-12-28(17-19)23(30)31-25(4,5)6;1-16(2,3)11-15-18-13-10-12(17)6-7-14(13)20(15)9-8-19(4)5;1-9(2,3)12-8(11)10-5-4-7(13)6-10/h9-10,15,19H,11-14,16-17H2,1-8H3;6-7,10H,8-9,11H2,1-5H3;7,13H,4-6H2,1-3H3/t19-;;7-/m1.1/s1. The van der Waals surface area contributed by atoms with Gasteiger partial charge in [-0.15, -0.1) is 11.8 Å². The Hall–Kier alpha value is -2.98. The number of thioether (sulfide) groups is 1. The lowest BCUT2D eigenvalue weighted by Crippen LogP contribution is -2.35. The average Bonchev–Trinajstić information content (AvgIpc) is 3.93. The molecule has 0 bridgehead atoms. The van der Waals surface area contributed by atoms with E-state index in [0.29, 0.717) is 17.0 Å². The number of benzene rings is 2. The summed E-state index contributed by atoms with van der Waals surface area (Å²) in [5.41, 5.74) is 4.16. The summed E-state index contributed by atoms with van der Waals surface area (Å²) in [5, 5.41) is 0.692. The number of hydrogen-bond donors (Lipinski definition) is 1. The van der Waals surface area contributed by atoms with Crippen molar-refractivity contribution < 1.29 is 19.1 Å². The molecule has 4 aromatic rings. The van der Waals surface area contributed by atoms with Crippen molar-refractivity contribution in [2.24, 2.45) is 10.8 Å². The quantitative estimate of drug-likeness (QED) is 0.156. The van der Waals surface area contributed by atoms with Gasteiger partial charge >= 0.3 is 12.2 Å². The van der Waals surface area contributed by atoms with Crippen LogP contribution in [0.25, 0.3) is 22.1 Å². The molecule has 364 valence electrons. The molecule has 0 saturated carbocycles. The summed E-state index contributed by atoms with van der Waals surface area (Å²) in [6.07, 6.45) is 3.46. The van der Waals surface area contributed by atoms with Crippen molar-refractivity contribution in [2.45, 2.75) is 148 Å². The molecule has 2 amide bonds. The average molecular weight is 1000 g/mol. The molecule has 0 spiro atoms. The zero-order valence-corrected chi connectivity index (χ0v) is 45.8. The van der Waals surface area contributed by atoms with E-state index in [2.05, 4.69) is 154 Å². The van der Waals surface area contributed by atoms with Gasteiger partial charge in [-0.2, -0.15) is 12.6 Å². The highest BCUT2D eigenvalue weighted by Gasteiger charge is 2.31. The highest BCUT2D eigenvalue weighted by Crippen LogP contribution is 2.34. The Morgan fingerprint density at radius 2 is 1.14 bits per heavy atom. The van der Waals surface area contributed by atoms with E-state index in [1.165, 1.54) is 21.8 Å². The molecule has 2 aliphatic rings. The highest BCUT2D eigenvalue weighted by molar-refractivity contribution is 9.10. The summed E-state index contributed by atoms with van der Waals surface area (Å²) in [5.74, 6) is 2.35. The molecule has 2 aromatic carbocycles. The normalized spacial score (nSPS) is 17.2. The van der Waals surface area contributed by atoms with E-state index >= 15 is 0 Å². The molecule has 0 unspecified atom stereocenters. The van der Waals surface area contributed by atoms with E-state index in [1.807, 2.05) is 58.2 Å². The predicted molar refractivity (Wildman–Crippen MR) is 278 cm³/mol. The summed E-state index contributed by atoms with van der Waals surface area (Å²) in [6.45, 7) is 31.8. The van der Waals surface area contributed by atoms with Crippen molar-refractivity contribution in [3.63, 3.8) is 0 Å².